The number of unbranched alkanes of at least 4 members (excludes halogenated alkanes) is 2. The second-order valence-electron chi connectivity index (χ2n) is 11.2. The quantitative estimate of drug-likeness (QED) is 0.145. The van der Waals surface area contributed by atoms with E-state index in [9.17, 15) is 0 Å². The molecule has 0 aliphatic carbocycles. The Morgan fingerprint density at radius 2 is 1.50 bits per heavy atom. The van der Waals surface area contributed by atoms with Crippen molar-refractivity contribution in [2.45, 2.75) is 38.6 Å². The highest BCUT2D eigenvalue weighted by atomic mass is 16.7. The second-order valence-corrected chi connectivity index (χ2v) is 11.2. The summed E-state index contributed by atoms with van der Waals surface area (Å²) in [7, 11) is 1.71. The fourth-order valence-corrected chi connectivity index (χ4v) is 6.62. The minimum atomic E-state index is 0.286. The van der Waals surface area contributed by atoms with Crippen LogP contribution in [0.1, 0.15) is 30.5 Å². The van der Waals surface area contributed by atoms with E-state index in [0.29, 0.717) is 6.61 Å². The summed E-state index contributed by atoms with van der Waals surface area (Å²) in [5.41, 5.74) is 6.33. The summed E-state index contributed by atoms with van der Waals surface area (Å²) < 4.78 is 28.1. The molecule has 2 aromatic heterocycles. The number of aryl methyl sites for hydroxylation is 3. The number of para-hydroxylation sites is 2. The monoisotopic (exact) mass is 557 g/mol. The van der Waals surface area contributed by atoms with Gasteiger partial charge in [0.25, 0.3) is 0 Å². The first-order chi connectivity index (χ1) is 20.8. The van der Waals surface area contributed by atoms with Gasteiger partial charge in [-0.15, -0.1) is 0 Å². The number of methoxy groups -OCH3 is 1. The molecule has 0 bridgehead atoms. The number of hydrogen-bond donors (Lipinski definition) is 0. The Labute approximate surface area is 244 Å². The molecule has 210 valence electrons. The number of benzene rings is 4. The van der Waals surface area contributed by atoms with Gasteiger partial charge in [-0.2, -0.15) is 4.57 Å². The topological polar surface area (TPSA) is 45.7 Å². The van der Waals surface area contributed by atoms with Crippen molar-refractivity contribution in [3.63, 3.8) is 0 Å². The molecular weight excluding hydrogens is 524 g/mol. The van der Waals surface area contributed by atoms with Crippen LogP contribution in [0.15, 0.2) is 85.1 Å². The Morgan fingerprint density at radius 1 is 0.762 bits per heavy atom. The minimum Gasteiger partial charge on any atom is -0.493 e. The van der Waals surface area contributed by atoms with E-state index in [1.807, 2.05) is 0 Å². The van der Waals surface area contributed by atoms with Crippen molar-refractivity contribution in [2.75, 3.05) is 20.5 Å². The standard InChI is InChI=1S/C36H33N2O4/c1-39-33-19-25-17-27-14-13-24-18-35-36(42-23-41-35)21-32(24)38(27)22-26(25)20-34(33)40-16-8-2-7-15-37-30-11-5-3-9-28(30)29-10-4-6-12-31(29)37/h3-6,9-12,17-22H,2,7-8,13-16,23H2,1H3/q+1. The van der Waals surface area contributed by atoms with Crippen molar-refractivity contribution in [3.05, 3.63) is 96.3 Å². The van der Waals surface area contributed by atoms with E-state index in [-0.39, 0.29) is 6.79 Å². The molecule has 0 saturated heterocycles. The van der Waals surface area contributed by atoms with Gasteiger partial charge in [-0.1, -0.05) is 36.4 Å². The lowest BCUT2D eigenvalue weighted by Crippen LogP contribution is -2.39. The van der Waals surface area contributed by atoms with Crippen LogP contribution in [-0.4, -0.2) is 25.1 Å². The van der Waals surface area contributed by atoms with Gasteiger partial charge >= 0.3 is 0 Å². The van der Waals surface area contributed by atoms with Crippen LogP contribution in [0.3, 0.4) is 0 Å². The smallest absolute Gasteiger partial charge is 0.231 e. The summed E-state index contributed by atoms with van der Waals surface area (Å²) in [5.74, 6) is 3.21. The predicted octanol–water partition coefficient (Wildman–Crippen LogP) is 7.31. The predicted molar refractivity (Wildman–Crippen MR) is 164 cm³/mol. The summed E-state index contributed by atoms with van der Waals surface area (Å²) in [6.07, 6.45) is 7.33. The molecule has 0 spiro atoms. The lowest BCUT2D eigenvalue weighted by atomic mass is 9.98. The molecule has 0 fully saturated rings. The number of nitrogens with zero attached hydrogens (tertiary/aromatic N) is 2. The SMILES string of the molecule is COc1cc2cc3[n+](cc2cc1OCCCCCn1c2ccccc2c2ccccc21)-c1cc2c(cc1CC3)OCO2. The van der Waals surface area contributed by atoms with Crippen LogP contribution in [0, 0.1) is 0 Å². The van der Waals surface area contributed by atoms with E-state index in [4.69, 9.17) is 18.9 Å². The summed E-state index contributed by atoms with van der Waals surface area (Å²) in [4.78, 5) is 0. The molecule has 6 nitrogen and oxygen atoms in total. The van der Waals surface area contributed by atoms with E-state index in [1.165, 1.54) is 33.1 Å². The van der Waals surface area contributed by atoms with Crippen LogP contribution in [0.2, 0.25) is 0 Å². The average molecular weight is 558 g/mol. The zero-order valence-electron chi connectivity index (χ0n) is 23.8. The van der Waals surface area contributed by atoms with Gasteiger partial charge in [-0.25, -0.2) is 0 Å². The molecule has 4 aromatic carbocycles. The highest BCUT2D eigenvalue weighted by molar-refractivity contribution is 6.07. The third-order valence-corrected chi connectivity index (χ3v) is 8.72. The van der Waals surface area contributed by atoms with E-state index in [0.717, 1.165) is 78.1 Å². The van der Waals surface area contributed by atoms with Crippen molar-refractivity contribution in [2.24, 2.45) is 0 Å². The lowest BCUT2D eigenvalue weighted by Gasteiger charge is -2.16. The van der Waals surface area contributed by atoms with Gasteiger partial charge in [0.2, 0.25) is 12.5 Å². The lowest BCUT2D eigenvalue weighted by molar-refractivity contribution is -0.605. The fourth-order valence-electron chi connectivity index (χ4n) is 6.62. The molecule has 8 rings (SSSR count). The molecule has 0 N–H and O–H groups in total. The molecule has 6 heteroatoms. The molecule has 42 heavy (non-hydrogen) atoms. The van der Waals surface area contributed by atoms with Gasteiger partial charge in [-0.05, 0) is 61.4 Å². The third kappa shape index (κ3) is 4.21. The Kier molecular flexibility index (Phi) is 6.13. The molecule has 4 heterocycles. The first-order valence-electron chi connectivity index (χ1n) is 14.8. The van der Waals surface area contributed by atoms with E-state index in [2.05, 4.69) is 94.2 Å². The number of pyridine rings is 1. The zero-order valence-corrected chi connectivity index (χ0v) is 23.8. The molecular formula is C36H33N2O4+. The van der Waals surface area contributed by atoms with Crippen LogP contribution in [0.5, 0.6) is 23.0 Å². The van der Waals surface area contributed by atoms with Crippen molar-refractivity contribution in [3.8, 4) is 28.7 Å². The number of fused-ring (bicyclic) bond motifs is 8. The van der Waals surface area contributed by atoms with E-state index < -0.39 is 0 Å². The van der Waals surface area contributed by atoms with Crippen molar-refractivity contribution < 1.29 is 23.5 Å². The molecule has 0 saturated carbocycles. The van der Waals surface area contributed by atoms with E-state index >= 15 is 0 Å². The van der Waals surface area contributed by atoms with Gasteiger partial charge in [0, 0.05) is 46.4 Å². The zero-order chi connectivity index (χ0) is 28.0. The molecule has 0 atom stereocenters. The van der Waals surface area contributed by atoms with Crippen LogP contribution in [0.25, 0.3) is 38.3 Å². The Balaban J connectivity index is 0.975. The van der Waals surface area contributed by atoms with Gasteiger partial charge in [0.05, 0.1) is 25.2 Å². The van der Waals surface area contributed by atoms with E-state index in [1.54, 1.807) is 7.11 Å². The fraction of sp³-hybridized carbons (Fsp3) is 0.250. The summed E-state index contributed by atoms with van der Waals surface area (Å²) in [6.45, 7) is 1.94. The summed E-state index contributed by atoms with van der Waals surface area (Å²) in [5, 5.41) is 4.93. The van der Waals surface area contributed by atoms with Crippen molar-refractivity contribution in [1.29, 1.82) is 0 Å². The number of hydrogen-bond acceptors (Lipinski definition) is 4. The van der Waals surface area contributed by atoms with Gasteiger partial charge in [-0.3, -0.25) is 0 Å². The van der Waals surface area contributed by atoms with Gasteiger partial charge in [0.15, 0.2) is 34.9 Å². The molecule has 0 unspecified atom stereocenters. The number of aromatic nitrogens is 2. The number of rotatable bonds is 8. The van der Waals surface area contributed by atoms with Crippen LogP contribution in [0.4, 0.5) is 0 Å². The van der Waals surface area contributed by atoms with Gasteiger partial charge < -0.3 is 23.5 Å². The summed E-state index contributed by atoms with van der Waals surface area (Å²) >= 11 is 0. The largest absolute Gasteiger partial charge is 0.493 e. The molecule has 0 amide bonds. The maximum absolute atomic E-state index is 6.31. The molecule has 6 aromatic rings. The first-order valence-corrected chi connectivity index (χ1v) is 14.8. The van der Waals surface area contributed by atoms with Crippen LogP contribution >= 0.6 is 0 Å². The first kappa shape index (κ1) is 25.0. The molecule has 2 aliphatic heterocycles. The molecule has 2 aliphatic rings. The van der Waals surface area contributed by atoms with Crippen LogP contribution in [-0.2, 0) is 19.4 Å². The maximum atomic E-state index is 6.31. The Hall–Kier alpha value is -4.71. The van der Waals surface area contributed by atoms with Crippen molar-refractivity contribution in [1.82, 2.24) is 4.57 Å². The highest BCUT2D eigenvalue weighted by Gasteiger charge is 2.29. The van der Waals surface area contributed by atoms with Crippen LogP contribution < -0.4 is 23.5 Å². The summed E-state index contributed by atoms with van der Waals surface area (Å²) in [6, 6.07) is 28.1. The minimum absolute atomic E-state index is 0.286. The second kappa shape index (κ2) is 10.3. The van der Waals surface area contributed by atoms with Crippen molar-refractivity contribution >= 4 is 32.6 Å². The number of ether oxygens (including phenoxy) is 4. The Bertz CT molecular complexity index is 1920. The highest BCUT2D eigenvalue weighted by Crippen LogP contribution is 2.38. The van der Waals surface area contributed by atoms with Gasteiger partial charge in [0.1, 0.15) is 0 Å². The Morgan fingerprint density at radius 3 is 2.29 bits per heavy atom. The third-order valence-electron chi connectivity index (χ3n) is 8.72. The maximum Gasteiger partial charge on any atom is 0.231 e. The normalized spacial score (nSPS) is 13.5. The average Bonchev–Trinajstić information content (AvgIpc) is 3.62. The molecule has 0 radical (unpaired) electrons.